The van der Waals surface area contributed by atoms with Gasteiger partial charge in [-0.2, -0.15) is 10.5 Å². The number of fused-ring (bicyclic) bond motifs is 1. The minimum atomic E-state index is -1.33. The fourth-order valence-corrected chi connectivity index (χ4v) is 5.65. The van der Waals surface area contributed by atoms with Crippen LogP contribution in [0.5, 0.6) is 0 Å². The minimum absolute atomic E-state index is 0.219. The molecule has 3 aliphatic rings. The van der Waals surface area contributed by atoms with E-state index in [2.05, 4.69) is 21.9 Å². The molecule has 156 valence electrons. The molecule has 1 aromatic carbocycles. The van der Waals surface area contributed by atoms with Crippen molar-refractivity contribution in [2.75, 3.05) is 50.3 Å². The molecule has 4 rings (SSSR count). The first kappa shape index (κ1) is 20.7. The van der Waals surface area contributed by atoms with Crippen molar-refractivity contribution in [2.45, 2.75) is 13.8 Å². The van der Waals surface area contributed by atoms with E-state index in [1.807, 2.05) is 44.2 Å². The number of hydrogen-bond acceptors (Lipinski definition) is 7. The monoisotopic (exact) mass is 423 g/mol. The second kappa shape index (κ2) is 7.96. The van der Waals surface area contributed by atoms with Crippen LogP contribution in [-0.2, 0) is 9.53 Å². The van der Waals surface area contributed by atoms with E-state index in [-0.39, 0.29) is 5.91 Å². The Labute approximate surface area is 181 Å². The summed E-state index contributed by atoms with van der Waals surface area (Å²) >= 11 is 1.49. The predicted molar refractivity (Wildman–Crippen MR) is 115 cm³/mol. The van der Waals surface area contributed by atoms with Gasteiger partial charge in [-0.3, -0.25) is 14.6 Å². The summed E-state index contributed by atoms with van der Waals surface area (Å²) in [5, 5.41) is 21.1. The van der Waals surface area contributed by atoms with Crippen LogP contribution in [0.15, 0.2) is 40.9 Å². The summed E-state index contributed by atoms with van der Waals surface area (Å²) < 4.78 is 5.43. The van der Waals surface area contributed by atoms with E-state index in [0.717, 1.165) is 5.69 Å². The number of carbonyl (C=O) groups excluding carboxylic acids is 1. The standard InChI is InChI=1S/C22H25N5O2S/c1-21(2)18(12-23)19-27(15-26(16-30-19)17-6-4-3-5-7-17)20(28)22(21,13-24)14-25-8-10-29-11-9-25/h3-7H,8-11,14-16H2,1-2H3. The van der Waals surface area contributed by atoms with Gasteiger partial charge >= 0.3 is 0 Å². The molecule has 3 heterocycles. The van der Waals surface area contributed by atoms with Crippen LogP contribution in [0.4, 0.5) is 5.69 Å². The fourth-order valence-electron chi connectivity index (χ4n) is 4.40. The lowest BCUT2D eigenvalue weighted by Crippen LogP contribution is -2.63. The number of benzene rings is 1. The van der Waals surface area contributed by atoms with Gasteiger partial charge in [-0.25, -0.2) is 0 Å². The summed E-state index contributed by atoms with van der Waals surface area (Å²) in [6, 6.07) is 14.6. The van der Waals surface area contributed by atoms with Crippen molar-refractivity contribution in [3.8, 4) is 12.1 Å². The van der Waals surface area contributed by atoms with E-state index in [4.69, 9.17) is 4.74 Å². The zero-order chi connectivity index (χ0) is 21.4. The largest absolute Gasteiger partial charge is 0.379 e. The molecule has 0 spiro atoms. The minimum Gasteiger partial charge on any atom is -0.379 e. The quantitative estimate of drug-likeness (QED) is 0.739. The molecule has 1 unspecified atom stereocenters. The summed E-state index contributed by atoms with van der Waals surface area (Å²) in [6.45, 7) is 6.88. The average molecular weight is 424 g/mol. The molecule has 2 fully saturated rings. The van der Waals surface area contributed by atoms with Crippen molar-refractivity contribution in [3.63, 3.8) is 0 Å². The summed E-state index contributed by atoms with van der Waals surface area (Å²) in [6.07, 6.45) is 0. The molecule has 0 saturated carbocycles. The smallest absolute Gasteiger partial charge is 0.251 e. The highest BCUT2D eigenvalue weighted by molar-refractivity contribution is 8.03. The maximum Gasteiger partial charge on any atom is 0.251 e. The number of amides is 1. The van der Waals surface area contributed by atoms with E-state index in [9.17, 15) is 15.3 Å². The molecule has 30 heavy (non-hydrogen) atoms. The van der Waals surface area contributed by atoms with Gasteiger partial charge in [0.2, 0.25) is 0 Å². The van der Waals surface area contributed by atoms with Crippen LogP contribution >= 0.6 is 11.8 Å². The van der Waals surface area contributed by atoms with Gasteiger partial charge in [-0.05, 0) is 12.1 Å². The van der Waals surface area contributed by atoms with E-state index in [1.165, 1.54) is 11.8 Å². The van der Waals surface area contributed by atoms with Gasteiger partial charge in [-0.1, -0.05) is 43.8 Å². The lowest BCUT2D eigenvalue weighted by atomic mass is 9.60. The highest BCUT2D eigenvalue weighted by atomic mass is 32.2. The topological polar surface area (TPSA) is 83.6 Å². The SMILES string of the molecule is CC1(C)C(C#N)=C2SCN(c3ccccc3)CN2C(=O)C1(C#N)CN1CCOCC1. The number of carbonyl (C=O) groups is 1. The molecule has 1 amide bonds. The molecule has 2 saturated heterocycles. The first-order chi connectivity index (χ1) is 14.4. The molecule has 0 aromatic heterocycles. The Hall–Kier alpha value is -2.52. The Morgan fingerprint density at radius 1 is 1.17 bits per heavy atom. The van der Waals surface area contributed by atoms with Gasteiger partial charge < -0.3 is 9.64 Å². The summed E-state index contributed by atoms with van der Waals surface area (Å²) in [5.74, 6) is 0.427. The van der Waals surface area contributed by atoms with Crippen LogP contribution in [0, 0.1) is 33.5 Å². The second-order valence-corrected chi connectivity index (χ2v) is 9.28. The van der Waals surface area contributed by atoms with E-state index < -0.39 is 10.8 Å². The number of thioether (sulfide) groups is 1. The van der Waals surface area contributed by atoms with Gasteiger partial charge in [0.15, 0.2) is 5.41 Å². The van der Waals surface area contributed by atoms with Crippen molar-refractivity contribution < 1.29 is 9.53 Å². The second-order valence-electron chi connectivity index (χ2n) is 8.35. The molecule has 3 aliphatic heterocycles. The maximum atomic E-state index is 13.9. The number of hydrogen-bond donors (Lipinski definition) is 0. The van der Waals surface area contributed by atoms with Gasteiger partial charge in [0.05, 0.1) is 48.5 Å². The van der Waals surface area contributed by atoms with Gasteiger partial charge in [0.1, 0.15) is 0 Å². The van der Waals surface area contributed by atoms with E-state index in [1.54, 1.807) is 4.90 Å². The lowest BCUT2D eigenvalue weighted by Gasteiger charge is -2.52. The number of nitriles is 2. The molecule has 0 bridgehead atoms. The van der Waals surface area contributed by atoms with Gasteiger partial charge in [0, 0.05) is 30.7 Å². The fraction of sp³-hybridized carbons (Fsp3) is 0.500. The van der Waals surface area contributed by atoms with Crippen LogP contribution in [0.1, 0.15) is 13.8 Å². The molecular weight excluding hydrogens is 398 g/mol. The van der Waals surface area contributed by atoms with Crippen LogP contribution in [0.25, 0.3) is 0 Å². The Balaban J connectivity index is 1.75. The molecule has 1 atom stereocenters. The Kier molecular flexibility index (Phi) is 5.50. The number of allylic oxidation sites excluding steroid dienone is 1. The number of morpholine rings is 1. The molecular formula is C22H25N5O2S. The predicted octanol–water partition coefficient (Wildman–Crippen LogP) is 2.60. The molecule has 0 aliphatic carbocycles. The Morgan fingerprint density at radius 3 is 2.50 bits per heavy atom. The van der Waals surface area contributed by atoms with Crippen LogP contribution < -0.4 is 4.90 Å². The molecule has 0 N–H and O–H groups in total. The van der Waals surface area contributed by atoms with Crippen molar-refractivity contribution in [2.24, 2.45) is 10.8 Å². The Bertz CT molecular complexity index is 943. The maximum absolute atomic E-state index is 13.9. The summed E-state index contributed by atoms with van der Waals surface area (Å²) in [5.41, 5.74) is -0.690. The van der Waals surface area contributed by atoms with Crippen LogP contribution in [-0.4, -0.2) is 61.1 Å². The van der Waals surface area contributed by atoms with Crippen molar-refractivity contribution in [3.05, 3.63) is 40.9 Å². The number of anilines is 1. The van der Waals surface area contributed by atoms with Crippen LogP contribution in [0.2, 0.25) is 0 Å². The van der Waals surface area contributed by atoms with Crippen LogP contribution in [0.3, 0.4) is 0 Å². The highest BCUT2D eigenvalue weighted by Crippen LogP contribution is 2.54. The average Bonchev–Trinajstić information content (AvgIpc) is 2.78. The third-order valence-electron chi connectivity index (χ3n) is 6.42. The molecule has 0 radical (unpaired) electrons. The zero-order valence-electron chi connectivity index (χ0n) is 17.3. The van der Waals surface area contributed by atoms with E-state index >= 15 is 0 Å². The van der Waals surface area contributed by atoms with Crippen molar-refractivity contribution >= 4 is 23.4 Å². The summed E-state index contributed by atoms with van der Waals surface area (Å²) in [7, 11) is 0. The van der Waals surface area contributed by atoms with E-state index in [0.29, 0.717) is 56.0 Å². The number of rotatable bonds is 3. The number of para-hydroxylation sites is 1. The highest BCUT2D eigenvalue weighted by Gasteiger charge is 2.61. The van der Waals surface area contributed by atoms with Gasteiger partial charge in [0.25, 0.3) is 5.91 Å². The molecule has 1 aromatic rings. The normalized spacial score (nSPS) is 26.7. The lowest BCUT2D eigenvalue weighted by molar-refractivity contribution is -0.145. The molecule has 8 heteroatoms. The zero-order valence-corrected chi connectivity index (χ0v) is 18.1. The number of nitrogens with zero attached hydrogens (tertiary/aromatic N) is 5. The first-order valence-electron chi connectivity index (χ1n) is 10.1. The first-order valence-corrected chi connectivity index (χ1v) is 11.0. The molecule has 7 nitrogen and oxygen atoms in total. The third kappa shape index (κ3) is 3.16. The number of ether oxygens (including phenoxy) is 1. The van der Waals surface area contributed by atoms with Crippen molar-refractivity contribution in [1.82, 2.24) is 9.80 Å². The Morgan fingerprint density at radius 2 is 1.87 bits per heavy atom. The third-order valence-corrected chi connectivity index (χ3v) is 7.56. The van der Waals surface area contributed by atoms with Crippen molar-refractivity contribution in [1.29, 1.82) is 10.5 Å². The summed E-state index contributed by atoms with van der Waals surface area (Å²) in [4.78, 5) is 19.8. The van der Waals surface area contributed by atoms with Gasteiger partial charge in [-0.15, -0.1) is 0 Å².